The van der Waals surface area contributed by atoms with Crippen LogP contribution in [0.4, 0.5) is 4.39 Å². The summed E-state index contributed by atoms with van der Waals surface area (Å²) >= 11 is 9.13. The van der Waals surface area contributed by atoms with Gasteiger partial charge in [0.1, 0.15) is 5.82 Å². The van der Waals surface area contributed by atoms with E-state index in [1.165, 1.54) is 11.1 Å². The van der Waals surface area contributed by atoms with Gasteiger partial charge in [0.15, 0.2) is 0 Å². The Labute approximate surface area is 124 Å². The Morgan fingerprint density at radius 1 is 1.26 bits per heavy atom. The quantitative estimate of drug-likeness (QED) is 0.796. The maximum atomic E-state index is 14.2. The lowest BCUT2D eigenvalue weighted by atomic mass is 9.72. The van der Waals surface area contributed by atoms with Gasteiger partial charge in [0, 0.05) is 22.0 Å². The molecule has 4 heteroatoms. The number of fused-ring (bicyclic) bond motifs is 1. The second-order valence-electron chi connectivity index (χ2n) is 4.80. The molecule has 1 nitrogen and oxygen atoms in total. The van der Waals surface area contributed by atoms with Crippen LogP contribution in [-0.4, -0.2) is 0 Å². The van der Waals surface area contributed by atoms with Gasteiger partial charge in [-0.1, -0.05) is 41.9 Å². The summed E-state index contributed by atoms with van der Waals surface area (Å²) in [6.07, 6.45) is 0.893. The zero-order valence-electron chi connectivity index (χ0n) is 10.0. The van der Waals surface area contributed by atoms with Crippen molar-refractivity contribution >= 4 is 27.5 Å². The molecule has 2 aromatic carbocycles. The van der Waals surface area contributed by atoms with Gasteiger partial charge in [-0.25, -0.2) is 4.39 Å². The topological polar surface area (TPSA) is 26.0 Å². The van der Waals surface area contributed by atoms with Crippen LogP contribution < -0.4 is 5.73 Å². The maximum absolute atomic E-state index is 14.2. The highest BCUT2D eigenvalue weighted by atomic mass is 79.9. The summed E-state index contributed by atoms with van der Waals surface area (Å²) in [7, 11) is 0. The van der Waals surface area contributed by atoms with Crippen molar-refractivity contribution in [2.45, 2.75) is 18.4 Å². The van der Waals surface area contributed by atoms with E-state index < -0.39 is 5.82 Å². The molecule has 2 atom stereocenters. The second-order valence-corrected chi connectivity index (χ2v) is 6.03. The number of nitrogens with two attached hydrogens (primary N) is 1. The molecule has 0 heterocycles. The highest BCUT2D eigenvalue weighted by Crippen LogP contribution is 2.43. The highest BCUT2D eigenvalue weighted by molar-refractivity contribution is 9.10. The normalized spacial score (nSPS) is 18.6. The third-order valence-corrected chi connectivity index (χ3v) is 5.01. The Bertz CT molecular complexity index is 644. The lowest BCUT2D eigenvalue weighted by molar-refractivity contribution is 0.476. The Kier molecular flexibility index (Phi) is 3.37. The van der Waals surface area contributed by atoms with Gasteiger partial charge in [0.25, 0.3) is 0 Å². The number of hydrogen-bond acceptors (Lipinski definition) is 1. The van der Waals surface area contributed by atoms with Crippen LogP contribution in [0.5, 0.6) is 0 Å². The van der Waals surface area contributed by atoms with Gasteiger partial charge < -0.3 is 5.73 Å². The predicted molar refractivity (Wildman–Crippen MR) is 78.9 cm³/mol. The van der Waals surface area contributed by atoms with E-state index in [2.05, 4.69) is 28.1 Å². The largest absolute Gasteiger partial charge is 0.323 e. The van der Waals surface area contributed by atoms with Crippen LogP contribution in [0.15, 0.2) is 40.9 Å². The summed E-state index contributed by atoms with van der Waals surface area (Å²) < 4.78 is 14.7. The first-order valence-electron chi connectivity index (χ1n) is 6.06. The average Bonchev–Trinajstić information content (AvgIpc) is 2.37. The molecule has 0 fully saturated rings. The smallest absolute Gasteiger partial charge is 0.147 e. The van der Waals surface area contributed by atoms with Crippen molar-refractivity contribution in [3.8, 4) is 0 Å². The molecule has 98 valence electrons. The monoisotopic (exact) mass is 339 g/mol. The fourth-order valence-corrected chi connectivity index (χ4v) is 3.11. The summed E-state index contributed by atoms with van der Waals surface area (Å²) in [6.45, 7) is 0. The molecule has 2 N–H and O–H groups in total. The number of rotatable bonds is 2. The minimum atomic E-state index is -0.423. The van der Waals surface area contributed by atoms with Crippen molar-refractivity contribution in [1.29, 1.82) is 0 Å². The Morgan fingerprint density at radius 3 is 2.74 bits per heavy atom. The molecule has 0 bridgehead atoms. The van der Waals surface area contributed by atoms with Crippen molar-refractivity contribution < 1.29 is 4.39 Å². The van der Waals surface area contributed by atoms with Crippen LogP contribution >= 0.6 is 27.5 Å². The van der Waals surface area contributed by atoms with E-state index in [4.69, 9.17) is 17.3 Å². The number of halogens is 3. The Balaban J connectivity index is 1.95. The third-order valence-electron chi connectivity index (χ3n) is 3.75. The highest BCUT2D eigenvalue weighted by Gasteiger charge is 2.33. The summed E-state index contributed by atoms with van der Waals surface area (Å²) in [4.78, 5) is 0. The molecule has 2 aromatic rings. The predicted octanol–water partition coefficient (Wildman–Crippen LogP) is 4.58. The third kappa shape index (κ3) is 2.10. The van der Waals surface area contributed by atoms with E-state index in [0.29, 0.717) is 10.0 Å². The van der Waals surface area contributed by atoms with E-state index in [1.807, 2.05) is 12.1 Å². The van der Waals surface area contributed by atoms with Crippen LogP contribution in [0.2, 0.25) is 5.02 Å². The van der Waals surface area contributed by atoms with E-state index >= 15 is 0 Å². The molecule has 0 radical (unpaired) electrons. The zero-order valence-corrected chi connectivity index (χ0v) is 12.4. The van der Waals surface area contributed by atoms with Gasteiger partial charge in [-0.15, -0.1) is 0 Å². The van der Waals surface area contributed by atoms with Gasteiger partial charge >= 0.3 is 0 Å². The molecule has 0 saturated heterocycles. The molecular formula is C15H12BrClFN. The molecule has 1 aliphatic rings. The zero-order chi connectivity index (χ0) is 13.6. The van der Waals surface area contributed by atoms with Gasteiger partial charge in [0.2, 0.25) is 0 Å². The molecule has 0 aromatic heterocycles. The molecular weight excluding hydrogens is 329 g/mol. The lowest BCUT2D eigenvalue weighted by Crippen LogP contribution is -2.29. The van der Waals surface area contributed by atoms with Crippen LogP contribution in [0, 0.1) is 5.82 Å². The van der Waals surface area contributed by atoms with Crippen molar-refractivity contribution in [3.63, 3.8) is 0 Å². The van der Waals surface area contributed by atoms with Crippen molar-refractivity contribution in [3.05, 3.63) is 68.4 Å². The van der Waals surface area contributed by atoms with Crippen molar-refractivity contribution in [2.75, 3.05) is 0 Å². The first kappa shape index (κ1) is 13.1. The van der Waals surface area contributed by atoms with E-state index in [1.54, 1.807) is 12.1 Å². The summed E-state index contributed by atoms with van der Waals surface area (Å²) in [5, 5.41) is 0.0977. The minimum absolute atomic E-state index is 0.0977. The SMILES string of the molecule is NC(c1ccc(Br)c(Cl)c1F)C1Cc2ccccc21. The molecule has 3 rings (SSSR count). The van der Waals surface area contributed by atoms with Crippen molar-refractivity contribution in [1.82, 2.24) is 0 Å². The molecule has 0 spiro atoms. The van der Waals surface area contributed by atoms with Crippen molar-refractivity contribution in [2.24, 2.45) is 5.73 Å². The Hall–Kier alpha value is -0.900. The maximum Gasteiger partial charge on any atom is 0.147 e. The lowest BCUT2D eigenvalue weighted by Gasteiger charge is -2.35. The number of benzene rings is 2. The summed E-state index contributed by atoms with van der Waals surface area (Å²) in [5.74, 6) is -0.254. The first-order valence-corrected chi connectivity index (χ1v) is 7.23. The van der Waals surface area contributed by atoms with E-state index in [0.717, 1.165) is 6.42 Å². The standard InChI is InChI=1S/C15H12BrClFN/c16-12-6-5-10(14(18)13(12)17)15(19)11-7-8-3-1-2-4-9(8)11/h1-6,11,15H,7,19H2. The average molecular weight is 341 g/mol. The van der Waals surface area contributed by atoms with Crippen LogP contribution in [-0.2, 0) is 6.42 Å². The van der Waals surface area contributed by atoms with Crippen LogP contribution in [0.25, 0.3) is 0 Å². The Morgan fingerprint density at radius 2 is 2.00 bits per heavy atom. The molecule has 0 saturated carbocycles. The first-order chi connectivity index (χ1) is 9.09. The number of hydrogen-bond donors (Lipinski definition) is 1. The minimum Gasteiger partial charge on any atom is -0.323 e. The summed E-state index contributed by atoms with van der Waals surface area (Å²) in [5.41, 5.74) is 9.21. The van der Waals surface area contributed by atoms with Crippen LogP contribution in [0.3, 0.4) is 0 Å². The van der Waals surface area contributed by atoms with Gasteiger partial charge in [-0.3, -0.25) is 0 Å². The van der Waals surface area contributed by atoms with Crippen LogP contribution in [0.1, 0.15) is 28.7 Å². The molecule has 0 amide bonds. The molecule has 1 aliphatic carbocycles. The summed E-state index contributed by atoms with van der Waals surface area (Å²) in [6, 6.07) is 11.2. The fourth-order valence-electron chi connectivity index (χ4n) is 2.63. The molecule has 2 unspecified atom stereocenters. The molecule has 19 heavy (non-hydrogen) atoms. The van der Waals surface area contributed by atoms with E-state index in [9.17, 15) is 4.39 Å². The molecule has 0 aliphatic heterocycles. The van der Waals surface area contributed by atoms with Gasteiger partial charge in [-0.2, -0.15) is 0 Å². The van der Waals surface area contributed by atoms with Gasteiger partial charge in [0.05, 0.1) is 5.02 Å². The van der Waals surface area contributed by atoms with E-state index in [-0.39, 0.29) is 17.0 Å². The second kappa shape index (κ2) is 4.89. The van der Waals surface area contributed by atoms with Gasteiger partial charge in [-0.05, 0) is 39.5 Å². The fraction of sp³-hybridized carbons (Fsp3) is 0.200.